The molecule has 0 atom stereocenters. The predicted molar refractivity (Wildman–Crippen MR) is 51.0 cm³/mol. The maximum atomic E-state index is 7.51. The first kappa shape index (κ1) is 12.2. The molecule has 0 bridgehead atoms. The summed E-state index contributed by atoms with van der Waals surface area (Å²) in [6.45, 7) is 3.12. The highest BCUT2D eigenvalue weighted by atomic mass is 32.2. The van der Waals surface area contributed by atoms with Gasteiger partial charge in [0.05, 0.1) is 6.07 Å². The summed E-state index contributed by atoms with van der Waals surface area (Å²) < 4.78 is 0.843. The van der Waals surface area contributed by atoms with E-state index in [1.165, 1.54) is 6.08 Å². The van der Waals surface area contributed by atoms with Crippen molar-refractivity contribution >= 4 is 28.3 Å². The highest BCUT2D eigenvalue weighted by Gasteiger charge is 1.79. The summed E-state index contributed by atoms with van der Waals surface area (Å²) >= 11 is 6.25. The van der Waals surface area contributed by atoms with Crippen LogP contribution in [0.4, 0.5) is 0 Å². The second-order valence-corrected chi connectivity index (χ2v) is 2.56. The van der Waals surface area contributed by atoms with Gasteiger partial charge in [-0.05, 0) is 6.26 Å². The van der Waals surface area contributed by atoms with Crippen LogP contribution in [-0.4, -0.2) is 17.6 Å². The molecule has 0 saturated carbocycles. The molecular formula is C6H10N2S2. The van der Waals surface area contributed by atoms with E-state index >= 15 is 0 Å². The number of hydrogen-bond donors (Lipinski definition) is 1. The summed E-state index contributed by atoms with van der Waals surface area (Å²) in [5.41, 5.74) is 0. The highest BCUT2D eigenvalue weighted by Crippen LogP contribution is 1.90. The molecule has 0 aromatic carbocycles. The molecule has 0 aliphatic heterocycles. The number of nitrogens with zero attached hydrogens (tertiary/aromatic N) is 1. The third kappa shape index (κ3) is 15.6. The van der Waals surface area contributed by atoms with E-state index < -0.39 is 0 Å². The van der Waals surface area contributed by atoms with E-state index in [4.69, 9.17) is 17.5 Å². The number of nitrogens with one attached hydrogen (secondary N) is 1. The normalized spacial score (nSPS) is 6.10. The maximum Gasteiger partial charge on any atom is 0.133 e. The molecule has 10 heavy (non-hydrogen) atoms. The number of nitriles is 1. The van der Waals surface area contributed by atoms with Crippen molar-refractivity contribution in [2.75, 3.05) is 13.3 Å². The summed E-state index contributed by atoms with van der Waals surface area (Å²) in [5, 5.41) is 10.3. The molecule has 0 rings (SSSR count). The Hall–Kier alpha value is -0.530. The van der Waals surface area contributed by atoms with Gasteiger partial charge in [-0.3, -0.25) is 0 Å². The second kappa shape index (κ2) is 11.3. The highest BCUT2D eigenvalue weighted by molar-refractivity contribution is 8.22. The molecule has 0 aromatic rings. The van der Waals surface area contributed by atoms with E-state index in [9.17, 15) is 0 Å². The molecule has 0 saturated heterocycles. The van der Waals surface area contributed by atoms with Gasteiger partial charge in [0.2, 0.25) is 0 Å². The van der Waals surface area contributed by atoms with Crippen LogP contribution in [0, 0.1) is 11.3 Å². The zero-order chi connectivity index (χ0) is 8.41. The lowest BCUT2D eigenvalue weighted by Gasteiger charge is -1.91. The van der Waals surface area contributed by atoms with E-state index in [1.807, 2.05) is 13.3 Å². The van der Waals surface area contributed by atoms with Gasteiger partial charge in [0.1, 0.15) is 4.32 Å². The molecule has 0 unspecified atom stereocenters. The molecule has 0 heterocycles. The van der Waals surface area contributed by atoms with Gasteiger partial charge in [0.25, 0.3) is 0 Å². The summed E-state index contributed by atoms with van der Waals surface area (Å²) in [6, 6.07) is 1.69. The van der Waals surface area contributed by atoms with Gasteiger partial charge in [0, 0.05) is 13.1 Å². The van der Waals surface area contributed by atoms with Crippen molar-refractivity contribution in [2.24, 2.45) is 0 Å². The summed E-state index contributed by atoms with van der Waals surface area (Å²) in [6.07, 6.45) is 3.12. The van der Waals surface area contributed by atoms with Crippen LogP contribution < -0.4 is 5.32 Å². The van der Waals surface area contributed by atoms with Crippen molar-refractivity contribution in [1.29, 1.82) is 5.26 Å². The van der Waals surface area contributed by atoms with Crippen LogP contribution in [0.25, 0.3) is 0 Å². The lowest BCUT2D eigenvalue weighted by molar-refractivity contribution is 1.23. The van der Waals surface area contributed by atoms with Gasteiger partial charge >= 0.3 is 0 Å². The second-order valence-electron chi connectivity index (χ2n) is 1.07. The maximum absolute atomic E-state index is 7.51. The van der Waals surface area contributed by atoms with Crippen molar-refractivity contribution in [3.8, 4) is 6.07 Å². The topological polar surface area (TPSA) is 35.8 Å². The number of thiocarbonyl (C=S) groups is 1. The lowest BCUT2D eigenvalue weighted by atomic mass is 10.8. The van der Waals surface area contributed by atoms with Crippen LogP contribution in [0.3, 0.4) is 0 Å². The molecule has 1 N–H and O–H groups in total. The molecule has 56 valence electrons. The minimum absolute atomic E-state index is 0.843. The van der Waals surface area contributed by atoms with Crippen LogP contribution >= 0.6 is 24.0 Å². The largest absolute Gasteiger partial charge is 0.374 e. The van der Waals surface area contributed by atoms with Crippen molar-refractivity contribution in [2.45, 2.75) is 0 Å². The molecule has 4 heteroatoms. The van der Waals surface area contributed by atoms with Gasteiger partial charge in [-0.1, -0.05) is 18.8 Å². The average molecular weight is 174 g/mol. The van der Waals surface area contributed by atoms with Crippen molar-refractivity contribution < 1.29 is 0 Å². The first-order valence-electron chi connectivity index (χ1n) is 2.49. The number of hydrogen-bond acceptors (Lipinski definition) is 3. The third-order valence-electron chi connectivity index (χ3n) is 0.481. The molecule has 0 fully saturated rings. The molecule has 0 aromatic heterocycles. The first-order valence-corrected chi connectivity index (χ1v) is 4.12. The Labute approximate surface area is 71.3 Å². The zero-order valence-corrected chi connectivity index (χ0v) is 7.68. The fourth-order valence-corrected chi connectivity index (χ4v) is 0.306. The van der Waals surface area contributed by atoms with Gasteiger partial charge in [-0.25, -0.2) is 0 Å². The fraction of sp³-hybridized carbons (Fsp3) is 0.333. The summed E-state index contributed by atoms with van der Waals surface area (Å²) in [5.74, 6) is 0. The van der Waals surface area contributed by atoms with E-state index in [1.54, 1.807) is 17.8 Å². The molecule has 0 aliphatic rings. The van der Waals surface area contributed by atoms with Gasteiger partial charge in [-0.15, -0.1) is 11.8 Å². The van der Waals surface area contributed by atoms with Crippen LogP contribution in [0.1, 0.15) is 0 Å². The third-order valence-corrected chi connectivity index (χ3v) is 1.76. The zero-order valence-electron chi connectivity index (χ0n) is 6.05. The predicted octanol–water partition coefficient (Wildman–Crippen LogP) is 1.55. The SMILES string of the molecule is C=CC#N.CNC(=S)SC. The molecule has 0 spiro atoms. The molecular weight excluding hydrogens is 164 g/mol. The Morgan fingerprint density at radius 2 is 2.30 bits per heavy atom. The lowest BCUT2D eigenvalue weighted by Crippen LogP contribution is -2.09. The van der Waals surface area contributed by atoms with Gasteiger partial charge in [-0.2, -0.15) is 5.26 Å². The van der Waals surface area contributed by atoms with E-state index in [0.29, 0.717) is 0 Å². The Morgan fingerprint density at radius 1 is 1.90 bits per heavy atom. The standard InChI is InChI=1S/C3H7NS2.C3H3N/c1-4-3(5)6-2;1-2-3-4/h1-2H3,(H,4,5);2H,1H2. The Bertz CT molecular complexity index is 131. The summed E-state index contributed by atoms with van der Waals surface area (Å²) in [7, 11) is 1.82. The Kier molecular flexibility index (Phi) is 13.7. The number of thioether (sulfide) groups is 1. The first-order chi connectivity index (χ1) is 4.72. The molecule has 2 nitrogen and oxygen atoms in total. The smallest absolute Gasteiger partial charge is 0.133 e. The van der Waals surface area contributed by atoms with Crippen molar-refractivity contribution in [1.82, 2.24) is 5.32 Å². The quantitative estimate of drug-likeness (QED) is 0.446. The van der Waals surface area contributed by atoms with Crippen LogP contribution in [-0.2, 0) is 0 Å². The monoisotopic (exact) mass is 174 g/mol. The fourth-order valence-electron chi connectivity index (χ4n) is 0.102. The molecule has 0 amide bonds. The van der Waals surface area contributed by atoms with Gasteiger partial charge < -0.3 is 5.32 Å². The van der Waals surface area contributed by atoms with E-state index in [-0.39, 0.29) is 0 Å². The van der Waals surface area contributed by atoms with E-state index in [2.05, 4.69) is 11.9 Å². The molecule has 0 aliphatic carbocycles. The van der Waals surface area contributed by atoms with Gasteiger partial charge in [0.15, 0.2) is 0 Å². The minimum Gasteiger partial charge on any atom is -0.374 e. The Balaban J connectivity index is 0. The number of allylic oxidation sites excluding steroid dienone is 1. The van der Waals surface area contributed by atoms with Crippen molar-refractivity contribution in [3.63, 3.8) is 0 Å². The van der Waals surface area contributed by atoms with Crippen LogP contribution in [0.5, 0.6) is 0 Å². The minimum atomic E-state index is 0.843. The average Bonchev–Trinajstić information content (AvgIpc) is 2.03. The van der Waals surface area contributed by atoms with Crippen LogP contribution in [0.15, 0.2) is 12.7 Å². The summed E-state index contributed by atoms with van der Waals surface area (Å²) in [4.78, 5) is 0. The van der Waals surface area contributed by atoms with Crippen LogP contribution in [0.2, 0.25) is 0 Å². The van der Waals surface area contributed by atoms with Crippen molar-refractivity contribution in [3.05, 3.63) is 12.7 Å². The Morgan fingerprint density at radius 3 is 2.30 bits per heavy atom. The van der Waals surface area contributed by atoms with E-state index in [0.717, 1.165) is 4.32 Å². The molecule has 0 radical (unpaired) electrons. The number of rotatable bonds is 0.